The molecule has 17 heavy (non-hydrogen) atoms. The molecule has 0 bridgehead atoms. The summed E-state index contributed by atoms with van der Waals surface area (Å²) in [7, 11) is 0. The third-order valence-electron chi connectivity index (χ3n) is 2.87. The van der Waals surface area contributed by atoms with Gasteiger partial charge in [0.15, 0.2) is 0 Å². The van der Waals surface area contributed by atoms with Crippen molar-refractivity contribution >= 4 is 11.9 Å². The summed E-state index contributed by atoms with van der Waals surface area (Å²) in [6, 6.07) is 1.83. The first kappa shape index (κ1) is 11.8. The van der Waals surface area contributed by atoms with Gasteiger partial charge < -0.3 is 11.1 Å². The molecule has 2 rings (SSSR count). The lowest BCUT2D eigenvalue weighted by Gasteiger charge is -2.13. The molecule has 1 unspecified atom stereocenters. The summed E-state index contributed by atoms with van der Waals surface area (Å²) >= 11 is 0. The number of rotatable bonds is 4. The molecule has 1 fully saturated rings. The number of carbonyl (C=O) groups excluding carboxylic acids is 1. The molecule has 0 radical (unpaired) electrons. The van der Waals surface area contributed by atoms with Crippen molar-refractivity contribution in [2.75, 3.05) is 5.73 Å². The third-order valence-corrected chi connectivity index (χ3v) is 2.87. The Morgan fingerprint density at radius 2 is 2.29 bits per heavy atom. The van der Waals surface area contributed by atoms with E-state index in [1.54, 1.807) is 13.0 Å². The average Bonchev–Trinajstić information content (AvgIpc) is 2.99. The van der Waals surface area contributed by atoms with Crippen molar-refractivity contribution in [1.82, 2.24) is 15.3 Å². The number of nitrogen functional groups attached to an aromatic ring is 1. The van der Waals surface area contributed by atoms with E-state index in [4.69, 9.17) is 5.73 Å². The number of nitrogens with two attached hydrogens (primary N) is 1. The molecule has 0 saturated heterocycles. The molecule has 0 spiro atoms. The van der Waals surface area contributed by atoms with E-state index in [0.29, 0.717) is 11.4 Å². The Morgan fingerprint density at radius 1 is 1.59 bits per heavy atom. The lowest BCUT2D eigenvalue weighted by molar-refractivity contribution is 0.0932. The highest BCUT2D eigenvalue weighted by Gasteiger charge is 2.24. The molecule has 5 heteroatoms. The van der Waals surface area contributed by atoms with E-state index in [1.165, 1.54) is 12.8 Å². The summed E-state index contributed by atoms with van der Waals surface area (Å²) in [5.41, 5.74) is 6.57. The predicted octanol–water partition coefficient (Wildman–Crippen LogP) is 1.29. The van der Waals surface area contributed by atoms with Gasteiger partial charge in [-0.25, -0.2) is 9.97 Å². The third kappa shape index (κ3) is 3.41. The molecular weight excluding hydrogens is 216 g/mol. The molecule has 1 atom stereocenters. The highest BCUT2D eigenvalue weighted by Crippen LogP contribution is 2.33. The molecule has 1 amide bonds. The summed E-state index contributed by atoms with van der Waals surface area (Å²) in [5, 5.41) is 2.94. The number of nitrogens with zero attached hydrogens (tertiary/aromatic N) is 2. The largest absolute Gasteiger partial charge is 0.368 e. The Hall–Kier alpha value is -1.65. The van der Waals surface area contributed by atoms with Gasteiger partial charge in [0.25, 0.3) is 5.91 Å². The number of aryl methyl sites for hydroxylation is 1. The van der Waals surface area contributed by atoms with Crippen LogP contribution in [0, 0.1) is 12.8 Å². The Bertz CT molecular complexity index is 408. The van der Waals surface area contributed by atoms with Crippen LogP contribution in [0.2, 0.25) is 0 Å². The van der Waals surface area contributed by atoms with Crippen molar-refractivity contribution in [3.63, 3.8) is 0 Å². The van der Waals surface area contributed by atoms with E-state index >= 15 is 0 Å². The van der Waals surface area contributed by atoms with E-state index in [-0.39, 0.29) is 17.9 Å². The molecule has 1 aromatic heterocycles. The first-order valence-electron chi connectivity index (χ1n) is 5.96. The van der Waals surface area contributed by atoms with Crippen LogP contribution in [-0.2, 0) is 0 Å². The van der Waals surface area contributed by atoms with Crippen LogP contribution < -0.4 is 11.1 Å². The van der Waals surface area contributed by atoms with Crippen LogP contribution in [0.5, 0.6) is 0 Å². The number of amides is 1. The molecule has 3 N–H and O–H groups in total. The fourth-order valence-electron chi connectivity index (χ4n) is 1.92. The van der Waals surface area contributed by atoms with Crippen molar-refractivity contribution < 1.29 is 4.79 Å². The van der Waals surface area contributed by atoms with Crippen LogP contribution in [0.25, 0.3) is 0 Å². The molecule has 0 aromatic carbocycles. The SMILES string of the molecule is Cc1cc(C(=O)NC(C)CC2CC2)nc(N)n1. The number of carbonyl (C=O) groups is 1. The van der Waals surface area contributed by atoms with Gasteiger partial charge in [0, 0.05) is 11.7 Å². The van der Waals surface area contributed by atoms with Crippen molar-refractivity contribution in [2.45, 2.75) is 39.2 Å². The molecule has 1 aliphatic rings. The minimum absolute atomic E-state index is 0.144. The highest BCUT2D eigenvalue weighted by molar-refractivity contribution is 5.92. The second-order valence-electron chi connectivity index (χ2n) is 4.81. The Labute approximate surface area is 101 Å². The lowest BCUT2D eigenvalue weighted by atomic mass is 10.1. The van der Waals surface area contributed by atoms with Gasteiger partial charge in [-0.3, -0.25) is 4.79 Å². The summed E-state index contributed by atoms with van der Waals surface area (Å²) in [4.78, 5) is 19.8. The molecule has 92 valence electrons. The maximum absolute atomic E-state index is 11.9. The predicted molar refractivity (Wildman–Crippen MR) is 65.5 cm³/mol. The van der Waals surface area contributed by atoms with E-state index < -0.39 is 0 Å². The Kier molecular flexibility index (Phi) is 3.26. The maximum Gasteiger partial charge on any atom is 0.270 e. The average molecular weight is 234 g/mol. The number of hydrogen-bond donors (Lipinski definition) is 2. The van der Waals surface area contributed by atoms with E-state index in [9.17, 15) is 4.79 Å². The van der Waals surface area contributed by atoms with E-state index in [1.807, 2.05) is 6.92 Å². The Morgan fingerprint density at radius 3 is 2.88 bits per heavy atom. The highest BCUT2D eigenvalue weighted by atomic mass is 16.1. The second-order valence-corrected chi connectivity index (χ2v) is 4.81. The number of anilines is 1. The topological polar surface area (TPSA) is 80.9 Å². The standard InChI is InChI=1S/C12H18N4O/c1-7(5-9-3-4-9)14-11(17)10-6-8(2)15-12(13)16-10/h6-7,9H,3-5H2,1-2H3,(H,14,17)(H2,13,15,16). The molecule has 0 aliphatic heterocycles. The van der Waals surface area contributed by atoms with Gasteiger partial charge in [-0.2, -0.15) is 0 Å². The molecule has 5 nitrogen and oxygen atoms in total. The van der Waals surface area contributed by atoms with Crippen LogP contribution in [0.1, 0.15) is 42.4 Å². The molecule has 1 aromatic rings. The quantitative estimate of drug-likeness (QED) is 0.822. The Balaban J connectivity index is 1.97. The first-order valence-corrected chi connectivity index (χ1v) is 5.96. The fraction of sp³-hybridized carbons (Fsp3) is 0.583. The van der Waals surface area contributed by atoms with Gasteiger partial charge in [-0.1, -0.05) is 12.8 Å². The fourth-order valence-corrected chi connectivity index (χ4v) is 1.92. The van der Waals surface area contributed by atoms with E-state index in [2.05, 4.69) is 15.3 Å². The molecular formula is C12H18N4O. The first-order chi connectivity index (χ1) is 8.04. The van der Waals surface area contributed by atoms with Crippen molar-refractivity contribution in [3.05, 3.63) is 17.5 Å². The summed E-state index contributed by atoms with van der Waals surface area (Å²) in [6.45, 7) is 3.82. The van der Waals surface area contributed by atoms with Gasteiger partial charge >= 0.3 is 0 Å². The van der Waals surface area contributed by atoms with Crippen LogP contribution >= 0.6 is 0 Å². The van der Waals surface area contributed by atoms with Crippen molar-refractivity contribution in [2.24, 2.45) is 5.92 Å². The lowest BCUT2D eigenvalue weighted by Crippen LogP contribution is -2.33. The smallest absolute Gasteiger partial charge is 0.270 e. The van der Waals surface area contributed by atoms with Crippen LogP contribution in [0.15, 0.2) is 6.07 Å². The minimum atomic E-state index is -0.171. The monoisotopic (exact) mass is 234 g/mol. The van der Waals surface area contributed by atoms with Gasteiger partial charge in [-0.15, -0.1) is 0 Å². The summed E-state index contributed by atoms with van der Waals surface area (Å²) in [6.07, 6.45) is 3.63. The maximum atomic E-state index is 11.9. The minimum Gasteiger partial charge on any atom is -0.368 e. The number of aromatic nitrogens is 2. The second kappa shape index (κ2) is 4.69. The van der Waals surface area contributed by atoms with Crippen molar-refractivity contribution in [1.29, 1.82) is 0 Å². The normalized spacial score (nSPS) is 16.6. The van der Waals surface area contributed by atoms with Crippen LogP contribution in [0.3, 0.4) is 0 Å². The molecule has 1 heterocycles. The van der Waals surface area contributed by atoms with Gasteiger partial charge in [0.1, 0.15) is 5.69 Å². The summed E-state index contributed by atoms with van der Waals surface area (Å²) in [5.74, 6) is 0.767. The van der Waals surface area contributed by atoms with Crippen LogP contribution in [0.4, 0.5) is 5.95 Å². The molecule has 1 saturated carbocycles. The van der Waals surface area contributed by atoms with E-state index in [0.717, 1.165) is 12.3 Å². The van der Waals surface area contributed by atoms with Gasteiger partial charge in [0.2, 0.25) is 5.95 Å². The zero-order valence-electron chi connectivity index (χ0n) is 10.2. The summed E-state index contributed by atoms with van der Waals surface area (Å²) < 4.78 is 0. The van der Waals surface area contributed by atoms with Gasteiger partial charge in [0.05, 0.1) is 0 Å². The van der Waals surface area contributed by atoms with Gasteiger partial charge in [-0.05, 0) is 32.3 Å². The zero-order valence-corrected chi connectivity index (χ0v) is 10.2. The zero-order chi connectivity index (χ0) is 12.4. The number of nitrogens with one attached hydrogen (secondary N) is 1. The number of hydrogen-bond acceptors (Lipinski definition) is 4. The van der Waals surface area contributed by atoms with Crippen molar-refractivity contribution in [3.8, 4) is 0 Å². The molecule has 1 aliphatic carbocycles. The van der Waals surface area contributed by atoms with Crippen LogP contribution in [-0.4, -0.2) is 21.9 Å².